The van der Waals surface area contributed by atoms with Gasteiger partial charge < -0.3 is 0 Å². The zero-order chi connectivity index (χ0) is 22.5. The van der Waals surface area contributed by atoms with Crippen LogP contribution in [0.15, 0.2) is 136 Å². The first-order valence-electron chi connectivity index (χ1n) is 12.1. The Morgan fingerprint density at radius 1 is 0.441 bits per heavy atom. The fourth-order valence-corrected chi connectivity index (χ4v) is 15.1. The molecule has 34 heavy (non-hydrogen) atoms. The smallest absolute Gasteiger partial charge is 0.0795 e. The highest BCUT2D eigenvalue weighted by Crippen LogP contribution is 2.54. The summed E-state index contributed by atoms with van der Waals surface area (Å²) >= 11 is 3.94. The summed E-state index contributed by atoms with van der Waals surface area (Å²) < 4.78 is 0. The lowest BCUT2D eigenvalue weighted by Gasteiger charge is -2.34. The molecule has 0 aromatic heterocycles. The van der Waals surface area contributed by atoms with Crippen LogP contribution in [0.2, 0.25) is 0 Å². The number of hydrogen-bond donors (Lipinski definition) is 0. The van der Waals surface area contributed by atoms with Crippen molar-refractivity contribution in [2.24, 2.45) is 0 Å². The van der Waals surface area contributed by atoms with Crippen LogP contribution in [0.25, 0.3) is 0 Å². The molecule has 0 radical (unpaired) electrons. The molecule has 1 fully saturated rings. The minimum absolute atomic E-state index is 0.113. The Kier molecular flexibility index (Phi) is 5.74. The van der Waals surface area contributed by atoms with Crippen LogP contribution in [0.1, 0.15) is 25.7 Å². The molecule has 1 aliphatic carbocycles. The molecule has 168 valence electrons. The second kappa shape index (κ2) is 9.05. The van der Waals surface area contributed by atoms with Gasteiger partial charge in [-0.3, -0.25) is 0 Å². The lowest BCUT2D eigenvalue weighted by molar-refractivity contribution is 0.519. The van der Waals surface area contributed by atoms with Crippen LogP contribution in [-0.4, -0.2) is 10.5 Å². The normalized spacial score (nSPS) is 21.8. The van der Waals surface area contributed by atoms with Crippen LogP contribution in [0, 0.1) is 0 Å². The van der Waals surface area contributed by atoms with Crippen molar-refractivity contribution in [3.63, 3.8) is 0 Å². The second-order valence-corrected chi connectivity index (χ2v) is 15.5. The van der Waals surface area contributed by atoms with Gasteiger partial charge in [0.1, 0.15) is 0 Å². The Labute approximate surface area is 216 Å². The maximum absolute atomic E-state index is 2.43. The average Bonchev–Trinajstić information content (AvgIpc) is 2.90. The van der Waals surface area contributed by atoms with Crippen LogP contribution < -0.4 is 0 Å². The molecule has 2 atom stereocenters. The molecule has 4 aromatic rings. The van der Waals surface area contributed by atoms with Gasteiger partial charge >= 0.3 is 0 Å². The summed E-state index contributed by atoms with van der Waals surface area (Å²) in [5.41, 5.74) is 0. The van der Waals surface area contributed by atoms with Gasteiger partial charge in [-0.05, 0) is 61.4 Å². The molecule has 3 aliphatic rings. The molecule has 4 aromatic carbocycles. The third kappa shape index (κ3) is 3.57. The topological polar surface area (TPSA) is 0 Å². The van der Waals surface area contributed by atoms with Crippen molar-refractivity contribution >= 4 is 45.3 Å². The zero-order valence-electron chi connectivity index (χ0n) is 18.9. The van der Waals surface area contributed by atoms with E-state index >= 15 is 0 Å². The Balaban J connectivity index is 1.40. The van der Waals surface area contributed by atoms with Crippen molar-refractivity contribution in [1.82, 2.24) is 0 Å². The average molecular weight is 515 g/mol. The number of benzene rings is 4. The fourth-order valence-electron chi connectivity index (χ4n) is 5.59. The van der Waals surface area contributed by atoms with E-state index < -0.39 is 0 Å². The van der Waals surface area contributed by atoms with E-state index in [0.717, 1.165) is 0 Å². The molecule has 0 unspecified atom stereocenters. The molecule has 0 nitrogen and oxygen atoms in total. The summed E-state index contributed by atoms with van der Waals surface area (Å²) in [4.78, 5) is 12.2. The first-order chi connectivity index (χ1) is 16.9. The highest BCUT2D eigenvalue weighted by molar-refractivity contribution is 8.06. The van der Waals surface area contributed by atoms with E-state index in [0.29, 0.717) is 10.5 Å². The van der Waals surface area contributed by atoms with Crippen LogP contribution in [0.5, 0.6) is 0 Å². The SMILES string of the molecule is c1ccc2c(c1)Sc1ccccc1[S+]2[C@@H]1CCCC[C@H]1[S+]1c2ccccc2Sc2ccccc21. The van der Waals surface area contributed by atoms with E-state index in [1.165, 1.54) is 45.3 Å². The van der Waals surface area contributed by atoms with Crippen molar-refractivity contribution in [2.45, 2.75) is 75.3 Å². The molecule has 2 aliphatic heterocycles. The van der Waals surface area contributed by atoms with Gasteiger partial charge in [-0.25, -0.2) is 0 Å². The second-order valence-electron chi connectivity index (χ2n) is 9.03. The summed E-state index contributed by atoms with van der Waals surface area (Å²) in [5, 5.41) is 1.37. The lowest BCUT2D eigenvalue weighted by atomic mass is 10.00. The maximum atomic E-state index is 2.43. The minimum atomic E-state index is 0.113. The minimum Gasteiger partial charge on any atom is -0.0795 e. The summed E-state index contributed by atoms with van der Waals surface area (Å²) in [7, 11) is 0.226. The Morgan fingerprint density at radius 2 is 0.735 bits per heavy atom. The summed E-state index contributed by atoms with van der Waals surface area (Å²) in [6.45, 7) is 0. The maximum Gasteiger partial charge on any atom is 0.177 e. The number of fused-ring (bicyclic) bond motifs is 4. The largest absolute Gasteiger partial charge is 0.177 e. The van der Waals surface area contributed by atoms with Gasteiger partial charge in [0.25, 0.3) is 0 Å². The summed E-state index contributed by atoms with van der Waals surface area (Å²) in [6.07, 6.45) is 5.39. The molecular formula is C30H26S4+2. The third-order valence-corrected chi connectivity index (χ3v) is 15.7. The first kappa shape index (κ1) is 21.6. The molecule has 0 spiro atoms. The number of hydrogen-bond acceptors (Lipinski definition) is 2. The van der Waals surface area contributed by atoms with E-state index in [4.69, 9.17) is 0 Å². The van der Waals surface area contributed by atoms with Crippen molar-refractivity contribution in [3.8, 4) is 0 Å². The summed E-state index contributed by atoms with van der Waals surface area (Å²) in [6, 6.07) is 37.0. The fraction of sp³-hybridized carbons (Fsp3) is 0.200. The molecular weight excluding hydrogens is 489 g/mol. The van der Waals surface area contributed by atoms with Gasteiger partial charge in [0, 0.05) is 12.8 Å². The van der Waals surface area contributed by atoms with Crippen LogP contribution in [0.3, 0.4) is 0 Å². The van der Waals surface area contributed by atoms with E-state index in [-0.39, 0.29) is 21.8 Å². The third-order valence-electron chi connectivity index (χ3n) is 7.03. The van der Waals surface area contributed by atoms with Gasteiger partial charge in [-0.1, -0.05) is 72.1 Å². The molecule has 0 bridgehead atoms. The van der Waals surface area contributed by atoms with Crippen molar-refractivity contribution in [1.29, 1.82) is 0 Å². The van der Waals surface area contributed by atoms with Crippen LogP contribution >= 0.6 is 23.5 Å². The molecule has 4 heteroatoms. The van der Waals surface area contributed by atoms with Crippen LogP contribution in [-0.2, 0) is 21.8 Å². The monoisotopic (exact) mass is 514 g/mol. The van der Waals surface area contributed by atoms with E-state index in [9.17, 15) is 0 Å². The van der Waals surface area contributed by atoms with Crippen molar-refractivity contribution in [2.75, 3.05) is 0 Å². The molecule has 0 amide bonds. The van der Waals surface area contributed by atoms with Crippen LogP contribution in [0.4, 0.5) is 0 Å². The molecule has 1 saturated carbocycles. The molecule has 0 saturated heterocycles. The van der Waals surface area contributed by atoms with E-state index in [2.05, 4.69) is 97.1 Å². The Bertz CT molecular complexity index is 1170. The molecule has 2 heterocycles. The predicted molar refractivity (Wildman–Crippen MR) is 148 cm³/mol. The Hall–Kier alpha value is -1.72. The van der Waals surface area contributed by atoms with E-state index in [1.807, 2.05) is 23.5 Å². The van der Waals surface area contributed by atoms with E-state index in [1.54, 1.807) is 19.6 Å². The first-order valence-corrected chi connectivity index (χ1v) is 16.3. The van der Waals surface area contributed by atoms with Crippen molar-refractivity contribution < 1.29 is 0 Å². The Morgan fingerprint density at radius 3 is 1.06 bits per heavy atom. The molecule has 0 N–H and O–H groups in total. The molecule has 7 rings (SSSR count). The van der Waals surface area contributed by atoms with Crippen molar-refractivity contribution in [3.05, 3.63) is 97.1 Å². The van der Waals surface area contributed by atoms with Gasteiger partial charge in [0.05, 0.1) is 41.4 Å². The quantitative estimate of drug-likeness (QED) is 0.245. The highest BCUT2D eigenvalue weighted by Gasteiger charge is 2.55. The van der Waals surface area contributed by atoms with Gasteiger partial charge in [0.15, 0.2) is 30.1 Å². The van der Waals surface area contributed by atoms with Gasteiger partial charge in [0.2, 0.25) is 0 Å². The highest BCUT2D eigenvalue weighted by atomic mass is 32.2. The lowest BCUT2D eigenvalue weighted by Crippen LogP contribution is -2.43. The van der Waals surface area contributed by atoms with Gasteiger partial charge in [-0.2, -0.15) is 0 Å². The zero-order valence-corrected chi connectivity index (χ0v) is 22.1. The standard InChI is InChI=1S/C30H26S4/c1-5-15-25-21(11-1)31-22-12-2-6-16-26(22)33(25)29-19-9-10-20-30(29)34-27-17-7-3-13-23(27)32-24-14-4-8-18-28(24)34/h1-8,11-18,29-30H,9-10,19-20H2/q+2/t29-,30-/m1/s1. The van der Waals surface area contributed by atoms with Gasteiger partial charge in [-0.15, -0.1) is 0 Å². The predicted octanol–water partition coefficient (Wildman–Crippen LogP) is 8.70. The summed E-state index contributed by atoms with van der Waals surface area (Å²) in [5.74, 6) is 0. The number of rotatable bonds is 2.